The predicted molar refractivity (Wildman–Crippen MR) is 64.7 cm³/mol. The molecule has 1 N–H and O–H groups in total. The topological polar surface area (TPSA) is 24.9 Å². The first-order valence-corrected chi connectivity index (χ1v) is 5.84. The molecule has 2 atom stereocenters. The monoisotopic (exact) mass is 244 g/mol. The molecule has 1 aliphatic carbocycles. The van der Waals surface area contributed by atoms with E-state index in [0.717, 1.165) is 12.2 Å². The summed E-state index contributed by atoms with van der Waals surface area (Å²) in [7, 11) is 0. The lowest BCUT2D eigenvalue weighted by Crippen LogP contribution is -2.54. The van der Waals surface area contributed by atoms with Crippen LogP contribution in [-0.4, -0.2) is 16.4 Å². The highest BCUT2D eigenvalue weighted by Crippen LogP contribution is 2.45. The second kappa shape index (κ2) is 3.84. The lowest BCUT2D eigenvalue weighted by molar-refractivity contribution is 0.168. The number of hydrogen-bond donors (Lipinski definition) is 1. The average molecular weight is 245 g/mol. The maximum absolute atomic E-state index is 6.15. The molecule has 0 aromatic carbocycles. The normalized spacial score (nSPS) is 28.3. The van der Waals surface area contributed by atoms with E-state index in [1.54, 1.807) is 6.20 Å². The van der Waals surface area contributed by atoms with Crippen LogP contribution in [0.2, 0.25) is 5.02 Å². The van der Waals surface area contributed by atoms with Crippen LogP contribution in [0.25, 0.3) is 0 Å². The number of rotatable bonds is 2. The molecule has 1 aliphatic rings. The molecule has 2 unspecified atom stereocenters. The van der Waals surface area contributed by atoms with Crippen LogP contribution in [0.3, 0.4) is 0 Å². The van der Waals surface area contributed by atoms with Gasteiger partial charge in [0.2, 0.25) is 0 Å². The molecule has 2 nitrogen and oxygen atoms in total. The van der Waals surface area contributed by atoms with Crippen LogP contribution < -0.4 is 5.32 Å². The Morgan fingerprint density at radius 3 is 2.67 bits per heavy atom. The Labute approximate surface area is 100.0 Å². The van der Waals surface area contributed by atoms with Crippen molar-refractivity contribution in [3.8, 4) is 0 Å². The van der Waals surface area contributed by atoms with Crippen LogP contribution in [0, 0.1) is 5.41 Å². The van der Waals surface area contributed by atoms with Gasteiger partial charge in [0.25, 0.3) is 0 Å². The summed E-state index contributed by atoms with van der Waals surface area (Å²) in [6, 6.07) is 4.12. The third-order valence-electron chi connectivity index (χ3n) is 3.20. The molecule has 0 bridgehead atoms. The van der Waals surface area contributed by atoms with Crippen LogP contribution in [0.1, 0.15) is 20.3 Å². The van der Waals surface area contributed by atoms with Crippen LogP contribution in [0.4, 0.5) is 5.82 Å². The van der Waals surface area contributed by atoms with Gasteiger partial charge in [-0.15, -0.1) is 11.6 Å². The van der Waals surface area contributed by atoms with Crippen molar-refractivity contribution < 1.29 is 0 Å². The second-order valence-corrected chi connectivity index (χ2v) is 5.55. The van der Waals surface area contributed by atoms with Gasteiger partial charge in [0, 0.05) is 23.0 Å². The van der Waals surface area contributed by atoms with Gasteiger partial charge in [0.15, 0.2) is 0 Å². The maximum atomic E-state index is 6.15. The zero-order valence-corrected chi connectivity index (χ0v) is 10.3. The number of pyridine rings is 1. The molecule has 0 aliphatic heterocycles. The molecule has 15 heavy (non-hydrogen) atoms. The summed E-state index contributed by atoms with van der Waals surface area (Å²) in [5.74, 6) is 0.862. The Morgan fingerprint density at radius 1 is 1.47 bits per heavy atom. The molecule has 1 aromatic rings. The Morgan fingerprint density at radius 2 is 2.20 bits per heavy atom. The Kier molecular flexibility index (Phi) is 2.82. The fourth-order valence-electron chi connectivity index (χ4n) is 1.76. The van der Waals surface area contributed by atoms with E-state index < -0.39 is 0 Å². The van der Waals surface area contributed by atoms with Crippen molar-refractivity contribution in [2.45, 2.75) is 31.7 Å². The van der Waals surface area contributed by atoms with E-state index in [1.165, 1.54) is 0 Å². The number of nitrogens with zero attached hydrogens (tertiary/aromatic N) is 1. The molecule has 4 heteroatoms. The zero-order chi connectivity index (χ0) is 11.1. The summed E-state index contributed by atoms with van der Waals surface area (Å²) >= 11 is 11.9. The molecule has 1 aromatic heterocycles. The summed E-state index contributed by atoms with van der Waals surface area (Å²) in [5, 5.41) is 4.28. The van der Waals surface area contributed by atoms with E-state index in [1.807, 2.05) is 12.1 Å². The van der Waals surface area contributed by atoms with Gasteiger partial charge >= 0.3 is 0 Å². The van der Waals surface area contributed by atoms with Gasteiger partial charge in [-0.25, -0.2) is 4.98 Å². The SMILES string of the molecule is CC1(C)C(Cl)CC1Nc1ccc(Cl)cn1. The number of alkyl halides is 1. The molecule has 1 heterocycles. The predicted octanol–water partition coefficient (Wildman–Crippen LogP) is 3.55. The molecule has 2 rings (SSSR count). The van der Waals surface area contributed by atoms with Crippen molar-refractivity contribution in [3.63, 3.8) is 0 Å². The van der Waals surface area contributed by atoms with Gasteiger partial charge in [0.1, 0.15) is 5.82 Å². The number of halogens is 2. The summed E-state index contributed by atoms with van der Waals surface area (Å²) in [5.41, 5.74) is 0.128. The van der Waals surface area contributed by atoms with Crippen LogP contribution in [-0.2, 0) is 0 Å². The molecular weight excluding hydrogens is 231 g/mol. The smallest absolute Gasteiger partial charge is 0.126 e. The first-order chi connectivity index (χ1) is 7.00. The maximum Gasteiger partial charge on any atom is 0.126 e. The number of anilines is 1. The third-order valence-corrected chi connectivity index (χ3v) is 4.16. The van der Waals surface area contributed by atoms with E-state index in [0.29, 0.717) is 11.1 Å². The van der Waals surface area contributed by atoms with Crippen LogP contribution in [0.15, 0.2) is 18.3 Å². The minimum Gasteiger partial charge on any atom is -0.367 e. The summed E-state index contributed by atoms with van der Waals surface area (Å²) in [6.45, 7) is 4.34. The second-order valence-electron chi connectivity index (χ2n) is 4.58. The lowest BCUT2D eigenvalue weighted by atomic mass is 9.67. The molecule has 1 saturated carbocycles. The van der Waals surface area contributed by atoms with E-state index in [2.05, 4.69) is 24.1 Å². The molecule has 0 amide bonds. The summed E-state index contributed by atoms with van der Waals surface area (Å²) < 4.78 is 0. The van der Waals surface area contributed by atoms with Crippen LogP contribution in [0.5, 0.6) is 0 Å². The van der Waals surface area contributed by atoms with E-state index >= 15 is 0 Å². The van der Waals surface area contributed by atoms with Crippen molar-refractivity contribution in [3.05, 3.63) is 23.4 Å². The molecular formula is C11H14Cl2N2. The van der Waals surface area contributed by atoms with E-state index in [4.69, 9.17) is 23.2 Å². The average Bonchev–Trinajstić information content (AvgIpc) is 2.21. The fourth-order valence-corrected chi connectivity index (χ4v) is 2.20. The molecule has 0 saturated heterocycles. The lowest BCUT2D eigenvalue weighted by Gasteiger charge is -2.49. The first kappa shape index (κ1) is 11.0. The number of nitrogens with one attached hydrogen (secondary N) is 1. The molecule has 0 spiro atoms. The van der Waals surface area contributed by atoms with Crippen LogP contribution >= 0.6 is 23.2 Å². The van der Waals surface area contributed by atoms with Crippen molar-refractivity contribution in [1.82, 2.24) is 4.98 Å². The summed E-state index contributed by atoms with van der Waals surface area (Å²) in [4.78, 5) is 4.20. The van der Waals surface area contributed by atoms with Gasteiger partial charge in [-0.05, 0) is 18.6 Å². The Hall–Kier alpha value is -0.470. The van der Waals surface area contributed by atoms with Gasteiger partial charge in [0.05, 0.1) is 5.02 Å². The largest absolute Gasteiger partial charge is 0.367 e. The van der Waals surface area contributed by atoms with Crippen molar-refractivity contribution in [2.24, 2.45) is 5.41 Å². The standard InChI is InChI=1S/C11H14Cl2N2/c1-11(2)8(13)5-9(11)15-10-4-3-7(12)6-14-10/h3-4,6,8-9H,5H2,1-2H3,(H,14,15). The molecule has 82 valence electrons. The Balaban J connectivity index is 2.02. The highest BCUT2D eigenvalue weighted by molar-refractivity contribution is 6.30. The Bertz CT molecular complexity index is 348. The molecule has 0 radical (unpaired) electrons. The van der Waals surface area contributed by atoms with Gasteiger partial charge < -0.3 is 5.32 Å². The molecule has 1 fully saturated rings. The van der Waals surface area contributed by atoms with Crippen molar-refractivity contribution in [2.75, 3.05) is 5.32 Å². The number of aromatic nitrogens is 1. The fraction of sp³-hybridized carbons (Fsp3) is 0.545. The van der Waals surface area contributed by atoms with Gasteiger partial charge in [-0.1, -0.05) is 25.4 Å². The highest BCUT2D eigenvalue weighted by Gasteiger charge is 2.47. The zero-order valence-electron chi connectivity index (χ0n) is 8.80. The first-order valence-electron chi connectivity index (χ1n) is 5.02. The van der Waals surface area contributed by atoms with E-state index in [-0.39, 0.29) is 10.8 Å². The van der Waals surface area contributed by atoms with Gasteiger partial charge in [-0.2, -0.15) is 0 Å². The third kappa shape index (κ3) is 2.06. The quantitative estimate of drug-likeness (QED) is 0.806. The van der Waals surface area contributed by atoms with Crippen molar-refractivity contribution in [1.29, 1.82) is 0 Å². The minimum atomic E-state index is 0.128. The van der Waals surface area contributed by atoms with Crippen molar-refractivity contribution >= 4 is 29.0 Å². The van der Waals surface area contributed by atoms with E-state index in [9.17, 15) is 0 Å². The summed E-state index contributed by atoms with van der Waals surface area (Å²) in [6.07, 6.45) is 2.63. The number of hydrogen-bond acceptors (Lipinski definition) is 2. The van der Waals surface area contributed by atoms with Gasteiger partial charge in [-0.3, -0.25) is 0 Å². The highest BCUT2D eigenvalue weighted by atomic mass is 35.5. The minimum absolute atomic E-state index is 0.128.